The summed E-state index contributed by atoms with van der Waals surface area (Å²) in [6.07, 6.45) is 3.12. The summed E-state index contributed by atoms with van der Waals surface area (Å²) in [5.41, 5.74) is 1.49. The summed E-state index contributed by atoms with van der Waals surface area (Å²) in [6, 6.07) is 12.8. The van der Waals surface area contributed by atoms with Crippen molar-refractivity contribution in [3.05, 3.63) is 64.7 Å². The average Bonchev–Trinajstić information content (AvgIpc) is 2.95. The third-order valence-corrected chi connectivity index (χ3v) is 3.55. The molecule has 0 aliphatic carbocycles. The van der Waals surface area contributed by atoms with Gasteiger partial charge in [-0.2, -0.15) is 15.0 Å². The number of pyridine rings is 1. The molecule has 0 radical (unpaired) electrons. The molecule has 6 nitrogen and oxygen atoms in total. The molecule has 3 aromatic heterocycles. The maximum atomic E-state index is 12.6. The Morgan fingerprint density at radius 3 is 2.91 bits per heavy atom. The molecule has 0 spiro atoms. The highest BCUT2D eigenvalue weighted by atomic mass is 16.1. The lowest BCUT2D eigenvalue weighted by atomic mass is 10.2. The number of nitrogens with one attached hydrogen (secondary N) is 1. The lowest BCUT2D eigenvalue weighted by molar-refractivity contribution is 0.792. The zero-order valence-corrected chi connectivity index (χ0v) is 11.3. The Bertz CT molecular complexity index is 1120. The van der Waals surface area contributed by atoms with Gasteiger partial charge in [0.2, 0.25) is 0 Å². The van der Waals surface area contributed by atoms with Crippen molar-refractivity contribution in [2.75, 3.05) is 0 Å². The van der Waals surface area contributed by atoms with Gasteiger partial charge in [-0.05, 0) is 12.1 Å². The van der Waals surface area contributed by atoms with E-state index in [1.165, 1.54) is 16.9 Å². The van der Waals surface area contributed by atoms with Crippen molar-refractivity contribution in [3.8, 4) is 11.9 Å². The monoisotopic (exact) mass is 287 g/mol. The highest BCUT2D eigenvalue weighted by Crippen LogP contribution is 2.22. The maximum absolute atomic E-state index is 12.6. The van der Waals surface area contributed by atoms with Crippen molar-refractivity contribution in [1.82, 2.24) is 19.7 Å². The van der Waals surface area contributed by atoms with Gasteiger partial charge in [0, 0.05) is 28.6 Å². The van der Waals surface area contributed by atoms with E-state index in [9.17, 15) is 4.79 Å². The van der Waals surface area contributed by atoms with Gasteiger partial charge in [0.15, 0.2) is 5.82 Å². The first kappa shape index (κ1) is 12.3. The molecule has 0 saturated carbocycles. The van der Waals surface area contributed by atoms with Crippen LogP contribution in [0.2, 0.25) is 0 Å². The van der Waals surface area contributed by atoms with E-state index in [1.54, 1.807) is 12.3 Å². The zero-order valence-electron chi connectivity index (χ0n) is 11.3. The summed E-state index contributed by atoms with van der Waals surface area (Å²) in [5.74, 6) is 0.324. The molecular weight excluding hydrogens is 278 g/mol. The molecule has 1 N–H and O–H groups in total. The number of hydrogen-bond donors (Lipinski definition) is 1. The minimum Gasteiger partial charge on any atom is -0.350 e. The van der Waals surface area contributed by atoms with Crippen LogP contribution < -0.4 is 5.56 Å². The number of aromatic nitrogens is 4. The maximum Gasteiger partial charge on any atom is 0.297 e. The van der Waals surface area contributed by atoms with Crippen LogP contribution in [0.15, 0.2) is 53.6 Å². The molecule has 0 fully saturated rings. The Kier molecular flexibility index (Phi) is 2.53. The standard InChI is InChI=1S/C16H9N5O/c17-8-10-5-6-18-14(7-10)21-16(22)15-12(9-19-21)11-3-1-2-4-13(11)20-15/h1-7,9,20H. The van der Waals surface area contributed by atoms with Crippen LogP contribution in [0.3, 0.4) is 0 Å². The smallest absolute Gasteiger partial charge is 0.297 e. The molecule has 0 saturated heterocycles. The Hall–Kier alpha value is -3.46. The fourth-order valence-electron chi connectivity index (χ4n) is 2.51. The second kappa shape index (κ2) is 4.53. The average molecular weight is 287 g/mol. The van der Waals surface area contributed by atoms with Crippen LogP contribution in [0.25, 0.3) is 27.6 Å². The first-order valence-corrected chi connectivity index (χ1v) is 6.63. The van der Waals surface area contributed by atoms with Crippen molar-refractivity contribution in [1.29, 1.82) is 5.26 Å². The Balaban J connectivity index is 2.04. The van der Waals surface area contributed by atoms with Crippen LogP contribution in [0, 0.1) is 11.3 Å². The van der Waals surface area contributed by atoms with Gasteiger partial charge in [0.05, 0.1) is 17.8 Å². The molecule has 0 aliphatic heterocycles. The van der Waals surface area contributed by atoms with Gasteiger partial charge in [0.25, 0.3) is 5.56 Å². The van der Waals surface area contributed by atoms with E-state index in [0.717, 1.165) is 16.3 Å². The lowest BCUT2D eigenvalue weighted by Crippen LogP contribution is -2.22. The van der Waals surface area contributed by atoms with Crippen molar-refractivity contribution in [2.24, 2.45) is 0 Å². The molecule has 4 rings (SSSR count). The van der Waals surface area contributed by atoms with Gasteiger partial charge < -0.3 is 4.98 Å². The fourth-order valence-corrected chi connectivity index (χ4v) is 2.51. The second-order valence-corrected chi connectivity index (χ2v) is 4.84. The third kappa shape index (κ3) is 1.70. The number of rotatable bonds is 1. The number of hydrogen-bond acceptors (Lipinski definition) is 4. The number of nitriles is 1. The Morgan fingerprint density at radius 2 is 2.05 bits per heavy atom. The van der Waals surface area contributed by atoms with E-state index in [2.05, 4.69) is 15.1 Å². The van der Waals surface area contributed by atoms with E-state index in [-0.39, 0.29) is 5.56 Å². The van der Waals surface area contributed by atoms with Crippen molar-refractivity contribution < 1.29 is 0 Å². The van der Waals surface area contributed by atoms with Crippen LogP contribution in [0.4, 0.5) is 0 Å². The number of fused-ring (bicyclic) bond motifs is 3. The number of H-pyrrole nitrogens is 1. The van der Waals surface area contributed by atoms with Gasteiger partial charge in [-0.3, -0.25) is 4.79 Å². The summed E-state index contributed by atoms with van der Waals surface area (Å²) >= 11 is 0. The summed E-state index contributed by atoms with van der Waals surface area (Å²) < 4.78 is 1.19. The predicted molar refractivity (Wildman–Crippen MR) is 81.7 cm³/mol. The van der Waals surface area contributed by atoms with Gasteiger partial charge in [0.1, 0.15) is 5.52 Å². The molecule has 3 heterocycles. The van der Waals surface area contributed by atoms with E-state index in [4.69, 9.17) is 5.26 Å². The van der Waals surface area contributed by atoms with E-state index in [0.29, 0.717) is 16.9 Å². The summed E-state index contributed by atoms with van der Waals surface area (Å²) in [5, 5.41) is 14.9. The van der Waals surface area contributed by atoms with E-state index in [1.807, 2.05) is 30.3 Å². The quantitative estimate of drug-likeness (QED) is 0.581. The molecule has 0 unspecified atom stereocenters. The fraction of sp³-hybridized carbons (Fsp3) is 0. The van der Waals surface area contributed by atoms with E-state index >= 15 is 0 Å². The highest BCUT2D eigenvalue weighted by molar-refractivity contribution is 6.06. The molecule has 1 aromatic carbocycles. The van der Waals surface area contributed by atoms with Crippen molar-refractivity contribution >= 4 is 21.8 Å². The van der Waals surface area contributed by atoms with Crippen LogP contribution in [0.5, 0.6) is 0 Å². The Morgan fingerprint density at radius 1 is 1.18 bits per heavy atom. The van der Waals surface area contributed by atoms with Crippen LogP contribution in [-0.2, 0) is 0 Å². The summed E-state index contributed by atoms with van der Waals surface area (Å²) in [7, 11) is 0. The largest absolute Gasteiger partial charge is 0.350 e. The van der Waals surface area contributed by atoms with E-state index < -0.39 is 0 Å². The molecule has 0 amide bonds. The molecule has 0 aliphatic rings. The second-order valence-electron chi connectivity index (χ2n) is 4.84. The van der Waals surface area contributed by atoms with Gasteiger partial charge in [-0.25, -0.2) is 4.98 Å². The highest BCUT2D eigenvalue weighted by Gasteiger charge is 2.12. The molecule has 6 heteroatoms. The number of nitrogens with zero attached hydrogens (tertiary/aromatic N) is 4. The molecule has 0 atom stereocenters. The zero-order chi connectivity index (χ0) is 15.1. The SMILES string of the molecule is N#Cc1ccnc(-n2ncc3c([nH]c4ccccc43)c2=O)c1. The third-order valence-electron chi connectivity index (χ3n) is 3.55. The van der Waals surface area contributed by atoms with Crippen LogP contribution in [-0.4, -0.2) is 19.7 Å². The summed E-state index contributed by atoms with van der Waals surface area (Å²) in [6.45, 7) is 0. The minimum absolute atomic E-state index is 0.295. The number of benzene rings is 1. The minimum atomic E-state index is -0.295. The number of para-hydroxylation sites is 1. The van der Waals surface area contributed by atoms with Crippen molar-refractivity contribution in [2.45, 2.75) is 0 Å². The topological polar surface area (TPSA) is 87.4 Å². The lowest BCUT2D eigenvalue weighted by Gasteiger charge is -2.03. The van der Waals surface area contributed by atoms with Gasteiger partial charge in [-0.15, -0.1) is 0 Å². The summed E-state index contributed by atoms with van der Waals surface area (Å²) in [4.78, 5) is 19.9. The normalized spacial score (nSPS) is 10.9. The number of aromatic amines is 1. The Labute approximate surface area is 124 Å². The first-order valence-electron chi connectivity index (χ1n) is 6.63. The van der Waals surface area contributed by atoms with Crippen LogP contribution >= 0.6 is 0 Å². The molecule has 22 heavy (non-hydrogen) atoms. The molecular formula is C16H9N5O. The van der Waals surface area contributed by atoms with Crippen LogP contribution in [0.1, 0.15) is 5.56 Å². The van der Waals surface area contributed by atoms with Gasteiger partial charge in [-0.1, -0.05) is 18.2 Å². The predicted octanol–water partition coefficient (Wildman–Crippen LogP) is 2.13. The molecule has 0 bridgehead atoms. The van der Waals surface area contributed by atoms with Gasteiger partial charge >= 0.3 is 0 Å². The molecule has 4 aromatic rings. The first-order chi connectivity index (χ1) is 10.8. The van der Waals surface area contributed by atoms with Crippen molar-refractivity contribution in [3.63, 3.8) is 0 Å². The molecule has 104 valence electrons.